The van der Waals surface area contributed by atoms with Gasteiger partial charge in [-0.1, -0.05) is 36.4 Å². The van der Waals surface area contributed by atoms with Crippen molar-refractivity contribution in [2.24, 2.45) is 0 Å². The Labute approximate surface area is 194 Å². The van der Waals surface area contributed by atoms with Gasteiger partial charge >= 0.3 is 5.97 Å². The number of benzene rings is 3. The Hall–Kier alpha value is -4.10. The van der Waals surface area contributed by atoms with Crippen molar-refractivity contribution in [2.75, 3.05) is 12.4 Å². The maximum atomic E-state index is 12.5. The molecule has 1 unspecified atom stereocenters. The number of hydrogen-bond acceptors (Lipinski definition) is 6. The van der Waals surface area contributed by atoms with Crippen molar-refractivity contribution in [3.8, 4) is 22.9 Å². The molecule has 0 bridgehead atoms. The smallest absolute Gasteiger partial charge is 0.353 e. The van der Waals surface area contributed by atoms with Crippen molar-refractivity contribution in [3.63, 3.8) is 0 Å². The van der Waals surface area contributed by atoms with E-state index in [0.29, 0.717) is 16.4 Å². The second kappa shape index (κ2) is 7.79. The molecule has 0 radical (unpaired) electrons. The van der Waals surface area contributed by atoms with Crippen molar-refractivity contribution in [1.82, 2.24) is 9.55 Å². The first-order valence-electron chi connectivity index (χ1n) is 10.5. The second-order valence-corrected chi connectivity index (χ2v) is 8.61. The average Bonchev–Trinajstić information content (AvgIpc) is 3.52. The van der Waals surface area contributed by atoms with Gasteiger partial charge in [0.15, 0.2) is 11.5 Å². The van der Waals surface area contributed by atoms with E-state index in [0.717, 1.165) is 33.7 Å². The molecule has 1 aliphatic heterocycles. The van der Waals surface area contributed by atoms with Crippen LogP contribution in [0, 0.1) is 0 Å². The van der Waals surface area contributed by atoms with Crippen LogP contribution in [0.1, 0.15) is 21.4 Å². The van der Waals surface area contributed by atoms with Gasteiger partial charge in [0.25, 0.3) is 0 Å². The highest BCUT2D eigenvalue weighted by Gasteiger charge is 2.29. The predicted octanol–water partition coefficient (Wildman–Crippen LogP) is 5.97. The fourth-order valence-electron chi connectivity index (χ4n) is 4.23. The third-order valence-corrected chi connectivity index (χ3v) is 6.59. The highest BCUT2D eigenvalue weighted by molar-refractivity contribution is 7.12. The molecule has 3 aromatic carbocycles. The van der Waals surface area contributed by atoms with Crippen molar-refractivity contribution >= 4 is 34.0 Å². The molecule has 0 amide bonds. The average molecular weight is 454 g/mol. The van der Waals surface area contributed by atoms with Crippen LogP contribution in [0.4, 0.5) is 5.69 Å². The summed E-state index contributed by atoms with van der Waals surface area (Å²) in [4.78, 5) is 17.9. The van der Waals surface area contributed by atoms with E-state index in [2.05, 4.69) is 28.1 Å². The Kier molecular flexibility index (Phi) is 4.62. The van der Waals surface area contributed by atoms with E-state index in [9.17, 15) is 4.79 Å². The highest BCUT2D eigenvalue weighted by atomic mass is 32.1. The number of para-hydroxylation sites is 3. The van der Waals surface area contributed by atoms with Crippen LogP contribution in [0.25, 0.3) is 22.4 Å². The van der Waals surface area contributed by atoms with Gasteiger partial charge in [0.1, 0.15) is 16.9 Å². The molecule has 162 valence electrons. The first-order chi connectivity index (χ1) is 16.2. The Bertz CT molecular complexity index is 1490. The molecule has 1 atom stereocenters. The second-order valence-electron chi connectivity index (χ2n) is 7.66. The van der Waals surface area contributed by atoms with E-state index in [-0.39, 0.29) is 6.17 Å². The number of methoxy groups -OCH3 is 1. The summed E-state index contributed by atoms with van der Waals surface area (Å²) in [6.45, 7) is 0. The third-order valence-electron chi connectivity index (χ3n) is 5.74. The lowest BCUT2D eigenvalue weighted by Crippen LogP contribution is -2.24. The number of imidazole rings is 1. The molecule has 0 saturated carbocycles. The summed E-state index contributed by atoms with van der Waals surface area (Å²) in [6, 6.07) is 25.5. The number of thiophene rings is 1. The van der Waals surface area contributed by atoms with Gasteiger partial charge in [-0.25, -0.2) is 9.78 Å². The first-order valence-corrected chi connectivity index (χ1v) is 11.4. The van der Waals surface area contributed by atoms with E-state index < -0.39 is 5.97 Å². The quantitative estimate of drug-likeness (QED) is 0.268. The number of rotatable bonds is 4. The normalized spacial score (nSPS) is 14.3. The van der Waals surface area contributed by atoms with Crippen LogP contribution in [0.15, 0.2) is 84.2 Å². The molecule has 5 aromatic rings. The molecule has 1 N–H and O–H groups in total. The number of carbonyl (C=O) groups excluding carboxylic acids is 1. The monoisotopic (exact) mass is 453 g/mol. The van der Waals surface area contributed by atoms with Gasteiger partial charge in [-0.15, -0.1) is 11.3 Å². The van der Waals surface area contributed by atoms with Crippen LogP contribution < -0.4 is 14.8 Å². The number of ether oxygens (including phenoxy) is 2. The van der Waals surface area contributed by atoms with Crippen molar-refractivity contribution in [2.45, 2.75) is 6.17 Å². The first kappa shape index (κ1) is 19.6. The SMILES string of the molecule is COc1cc(C2Nc3ccccc3-c3nc4ccccc4n32)ccc1OC(=O)c1cccs1. The summed E-state index contributed by atoms with van der Waals surface area (Å²) in [5, 5.41) is 5.49. The topological polar surface area (TPSA) is 65.4 Å². The zero-order valence-electron chi connectivity index (χ0n) is 17.7. The predicted molar refractivity (Wildman–Crippen MR) is 129 cm³/mol. The van der Waals surface area contributed by atoms with Crippen LogP contribution in [0.3, 0.4) is 0 Å². The van der Waals surface area contributed by atoms with E-state index in [1.807, 2.05) is 53.9 Å². The molecule has 0 fully saturated rings. The maximum absolute atomic E-state index is 12.5. The Morgan fingerprint density at radius 1 is 1.00 bits per heavy atom. The summed E-state index contributed by atoms with van der Waals surface area (Å²) >= 11 is 1.34. The summed E-state index contributed by atoms with van der Waals surface area (Å²) < 4.78 is 13.4. The van der Waals surface area contributed by atoms with Gasteiger partial charge in [-0.2, -0.15) is 0 Å². The zero-order valence-corrected chi connectivity index (χ0v) is 18.5. The number of hydrogen-bond donors (Lipinski definition) is 1. The lowest BCUT2D eigenvalue weighted by Gasteiger charge is -2.30. The Morgan fingerprint density at radius 2 is 1.85 bits per heavy atom. The van der Waals surface area contributed by atoms with Crippen molar-refractivity contribution in [1.29, 1.82) is 0 Å². The van der Waals surface area contributed by atoms with Gasteiger partial charge in [0, 0.05) is 11.3 Å². The molecule has 0 saturated heterocycles. The number of anilines is 1. The van der Waals surface area contributed by atoms with Gasteiger partial charge in [-0.05, 0) is 53.4 Å². The molecule has 1 aliphatic rings. The highest BCUT2D eigenvalue weighted by Crippen LogP contribution is 2.42. The van der Waals surface area contributed by atoms with Gasteiger partial charge in [0.05, 0.1) is 18.1 Å². The lowest BCUT2D eigenvalue weighted by atomic mass is 10.1. The largest absolute Gasteiger partial charge is 0.493 e. The molecule has 6 nitrogen and oxygen atoms in total. The number of fused-ring (bicyclic) bond motifs is 5. The summed E-state index contributed by atoms with van der Waals surface area (Å²) in [6.07, 6.45) is -0.210. The lowest BCUT2D eigenvalue weighted by molar-refractivity contribution is 0.0734. The van der Waals surface area contributed by atoms with E-state index in [1.165, 1.54) is 11.3 Å². The van der Waals surface area contributed by atoms with E-state index in [4.69, 9.17) is 14.5 Å². The number of nitrogens with zero attached hydrogens (tertiary/aromatic N) is 2. The van der Waals surface area contributed by atoms with Gasteiger partial charge in [-0.3, -0.25) is 4.57 Å². The molecule has 3 heterocycles. The molecule has 0 spiro atoms. The fraction of sp³-hybridized carbons (Fsp3) is 0.0769. The van der Waals surface area contributed by atoms with Crippen molar-refractivity contribution < 1.29 is 14.3 Å². The molecule has 6 rings (SSSR count). The van der Waals surface area contributed by atoms with Crippen LogP contribution in [-0.2, 0) is 0 Å². The summed E-state index contributed by atoms with van der Waals surface area (Å²) in [7, 11) is 1.57. The minimum absolute atomic E-state index is 0.210. The molecule has 7 heteroatoms. The summed E-state index contributed by atoms with van der Waals surface area (Å²) in [5.41, 5.74) is 4.99. The van der Waals surface area contributed by atoms with Crippen LogP contribution in [-0.4, -0.2) is 22.6 Å². The van der Waals surface area contributed by atoms with E-state index >= 15 is 0 Å². The van der Waals surface area contributed by atoms with Crippen LogP contribution in [0.2, 0.25) is 0 Å². The summed E-state index contributed by atoms with van der Waals surface area (Å²) in [5.74, 6) is 1.38. The van der Waals surface area contributed by atoms with Crippen molar-refractivity contribution in [3.05, 3.63) is 94.7 Å². The minimum atomic E-state index is -0.399. The van der Waals surface area contributed by atoms with Gasteiger partial charge < -0.3 is 14.8 Å². The molecule has 0 aliphatic carbocycles. The molecular formula is C26H19N3O3S. The fourth-order valence-corrected chi connectivity index (χ4v) is 4.83. The van der Waals surface area contributed by atoms with Crippen LogP contribution >= 0.6 is 11.3 Å². The molecule has 2 aromatic heterocycles. The number of esters is 1. The Morgan fingerprint density at radius 3 is 2.70 bits per heavy atom. The third kappa shape index (κ3) is 3.25. The number of nitrogens with one attached hydrogen (secondary N) is 1. The van der Waals surface area contributed by atoms with Gasteiger partial charge in [0.2, 0.25) is 0 Å². The zero-order chi connectivity index (χ0) is 22.4. The standard InChI is InChI=1S/C26H19N3O3S/c1-31-22-15-16(12-13-21(22)32-26(30)23-11-6-14-33-23)24-27-18-8-3-2-7-17(18)25-28-19-9-4-5-10-20(19)29(24)25/h2-15,24,27H,1H3. The van der Waals surface area contributed by atoms with Crippen LogP contribution in [0.5, 0.6) is 11.5 Å². The van der Waals surface area contributed by atoms with E-state index in [1.54, 1.807) is 19.2 Å². The molecular weight excluding hydrogens is 434 g/mol. The Balaban J connectivity index is 1.44. The number of aromatic nitrogens is 2. The maximum Gasteiger partial charge on any atom is 0.353 e. The number of carbonyl (C=O) groups is 1. The minimum Gasteiger partial charge on any atom is -0.493 e. The molecule has 33 heavy (non-hydrogen) atoms.